The van der Waals surface area contributed by atoms with Crippen molar-refractivity contribution in [2.75, 3.05) is 5.32 Å². The van der Waals surface area contributed by atoms with Crippen molar-refractivity contribution >= 4 is 11.6 Å². The maximum atomic E-state index is 11.2. The van der Waals surface area contributed by atoms with Crippen molar-refractivity contribution in [3.8, 4) is 0 Å². The fourth-order valence-corrected chi connectivity index (χ4v) is 0.846. The van der Waals surface area contributed by atoms with Gasteiger partial charge < -0.3 is 10.4 Å². The Morgan fingerprint density at radius 2 is 2.23 bits per heavy atom. The molecule has 13 heavy (non-hydrogen) atoms. The zero-order valence-corrected chi connectivity index (χ0v) is 7.40. The van der Waals surface area contributed by atoms with Gasteiger partial charge in [-0.25, -0.2) is 0 Å². The van der Waals surface area contributed by atoms with Gasteiger partial charge in [0.05, 0.1) is 0 Å². The third-order valence-electron chi connectivity index (χ3n) is 1.64. The van der Waals surface area contributed by atoms with Crippen LogP contribution >= 0.6 is 0 Å². The van der Waals surface area contributed by atoms with Gasteiger partial charge in [-0.3, -0.25) is 9.78 Å². The van der Waals surface area contributed by atoms with Crippen LogP contribution in [-0.2, 0) is 4.79 Å². The highest BCUT2D eigenvalue weighted by Crippen LogP contribution is 2.04. The van der Waals surface area contributed by atoms with Gasteiger partial charge in [0.1, 0.15) is 6.10 Å². The molecule has 0 saturated carbocycles. The predicted molar refractivity (Wildman–Crippen MR) is 49.2 cm³/mol. The molecule has 1 atom stereocenters. The number of nitrogens with zero attached hydrogens (tertiary/aromatic N) is 1. The Morgan fingerprint density at radius 3 is 2.77 bits per heavy atom. The van der Waals surface area contributed by atoms with Crippen LogP contribution in [0.4, 0.5) is 5.69 Å². The van der Waals surface area contributed by atoms with Crippen LogP contribution in [0.5, 0.6) is 0 Å². The molecule has 0 bridgehead atoms. The van der Waals surface area contributed by atoms with Crippen molar-refractivity contribution in [3.63, 3.8) is 0 Å². The third kappa shape index (κ3) is 2.83. The number of rotatable bonds is 3. The molecule has 0 saturated heterocycles. The first-order valence-electron chi connectivity index (χ1n) is 4.13. The Kier molecular flexibility index (Phi) is 3.40. The maximum absolute atomic E-state index is 11.2. The Labute approximate surface area is 76.6 Å². The average Bonchev–Trinajstić information content (AvgIpc) is 2.18. The molecule has 4 heteroatoms. The van der Waals surface area contributed by atoms with Gasteiger partial charge in [-0.05, 0) is 18.6 Å². The second kappa shape index (κ2) is 4.57. The lowest BCUT2D eigenvalue weighted by molar-refractivity contribution is -0.124. The molecule has 0 fully saturated rings. The summed E-state index contributed by atoms with van der Waals surface area (Å²) in [7, 11) is 0. The van der Waals surface area contributed by atoms with E-state index in [9.17, 15) is 4.79 Å². The number of aromatic nitrogens is 1. The first-order chi connectivity index (χ1) is 6.24. The van der Waals surface area contributed by atoms with Crippen LogP contribution in [0.25, 0.3) is 0 Å². The molecule has 1 aromatic heterocycles. The minimum Gasteiger partial charge on any atom is -0.383 e. The van der Waals surface area contributed by atoms with Crippen LogP contribution < -0.4 is 5.32 Å². The standard InChI is InChI=1S/C9H12N2O2/c1-2-8(12)9(13)11-7-3-5-10-6-4-7/h3-6,8,12H,2H2,1H3,(H,10,11,13)/t8-/m0/s1. The minimum absolute atomic E-state index is 0.381. The van der Waals surface area contributed by atoms with Crippen molar-refractivity contribution < 1.29 is 9.90 Å². The highest BCUT2D eigenvalue weighted by molar-refractivity contribution is 5.93. The first kappa shape index (κ1) is 9.67. The fourth-order valence-electron chi connectivity index (χ4n) is 0.846. The summed E-state index contributed by atoms with van der Waals surface area (Å²) >= 11 is 0. The van der Waals surface area contributed by atoms with Crippen LogP contribution in [0, 0.1) is 0 Å². The van der Waals surface area contributed by atoms with Crippen molar-refractivity contribution in [1.29, 1.82) is 0 Å². The van der Waals surface area contributed by atoms with E-state index >= 15 is 0 Å². The van der Waals surface area contributed by atoms with E-state index in [1.54, 1.807) is 31.5 Å². The van der Waals surface area contributed by atoms with Crippen molar-refractivity contribution in [2.24, 2.45) is 0 Å². The van der Waals surface area contributed by atoms with Crippen molar-refractivity contribution in [3.05, 3.63) is 24.5 Å². The lowest BCUT2D eigenvalue weighted by Gasteiger charge is -2.08. The maximum Gasteiger partial charge on any atom is 0.253 e. The molecule has 2 N–H and O–H groups in total. The van der Waals surface area contributed by atoms with E-state index in [1.807, 2.05) is 0 Å². The molecule has 1 heterocycles. The van der Waals surface area contributed by atoms with Crippen molar-refractivity contribution in [2.45, 2.75) is 19.4 Å². The number of carbonyl (C=O) groups is 1. The highest BCUT2D eigenvalue weighted by Gasteiger charge is 2.11. The summed E-state index contributed by atoms with van der Waals surface area (Å²) < 4.78 is 0. The number of carbonyl (C=O) groups excluding carboxylic acids is 1. The number of anilines is 1. The number of aliphatic hydroxyl groups is 1. The Morgan fingerprint density at radius 1 is 1.62 bits per heavy atom. The summed E-state index contributed by atoms with van der Waals surface area (Å²) in [4.78, 5) is 15.0. The normalized spacial score (nSPS) is 12.2. The number of hydrogen-bond donors (Lipinski definition) is 2. The zero-order chi connectivity index (χ0) is 9.68. The van der Waals surface area contributed by atoms with E-state index < -0.39 is 6.10 Å². The van der Waals surface area contributed by atoms with E-state index in [1.165, 1.54) is 0 Å². The number of pyridine rings is 1. The molecule has 4 nitrogen and oxygen atoms in total. The van der Waals surface area contributed by atoms with Crippen LogP contribution in [0.1, 0.15) is 13.3 Å². The quantitative estimate of drug-likeness (QED) is 0.723. The van der Waals surface area contributed by atoms with E-state index in [2.05, 4.69) is 10.3 Å². The highest BCUT2D eigenvalue weighted by atomic mass is 16.3. The second-order valence-corrected chi connectivity index (χ2v) is 2.65. The van der Waals surface area contributed by atoms with Gasteiger partial charge >= 0.3 is 0 Å². The number of amides is 1. The molecular formula is C9H12N2O2. The second-order valence-electron chi connectivity index (χ2n) is 2.65. The Bertz CT molecular complexity index is 274. The largest absolute Gasteiger partial charge is 0.383 e. The summed E-state index contributed by atoms with van der Waals surface area (Å²) in [5.74, 6) is -0.381. The predicted octanol–water partition coefficient (Wildman–Crippen LogP) is 0.791. The molecule has 1 aromatic rings. The smallest absolute Gasteiger partial charge is 0.253 e. The minimum atomic E-state index is -0.937. The van der Waals surface area contributed by atoms with Gasteiger partial charge in [0, 0.05) is 18.1 Å². The van der Waals surface area contributed by atoms with E-state index in [4.69, 9.17) is 5.11 Å². The molecular weight excluding hydrogens is 168 g/mol. The number of aliphatic hydroxyl groups excluding tert-OH is 1. The number of nitrogens with one attached hydrogen (secondary N) is 1. The van der Waals surface area contributed by atoms with E-state index in [-0.39, 0.29) is 5.91 Å². The molecule has 0 aliphatic carbocycles. The Balaban J connectivity index is 2.55. The van der Waals surface area contributed by atoms with Crippen LogP contribution in [0.2, 0.25) is 0 Å². The van der Waals surface area contributed by atoms with Gasteiger partial charge in [-0.15, -0.1) is 0 Å². The molecule has 70 valence electrons. The monoisotopic (exact) mass is 180 g/mol. The topological polar surface area (TPSA) is 62.2 Å². The molecule has 0 aliphatic rings. The molecule has 0 aliphatic heterocycles. The lowest BCUT2D eigenvalue weighted by Crippen LogP contribution is -2.26. The van der Waals surface area contributed by atoms with Gasteiger partial charge in [-0.2, -0.15) is 0 Å². The fraction of sp³-hybridized carbons (Fsp3) is 0.333. The first-order valence-corrected chi connectivity index (χ1v) is 4.13. The number of hydrogen-bond acceptors (Lipinski definition) is 3. The summed E-state index contributed by atoms with van der Waals surface area (Å²) in [5.41, 5.74) is 0.646. The van der Waals surface area contributed by atoms with Gasteiger partial charge in [0.15, 0.2) is 0 Å². The Hall–Kier alpha value is -1.42. The third-order valence-corrected chi connectivity index (χ3v) is 1.64. The van der Waals surface area contributed by atoms with E-state index in [0.717, 1.165) is 0 Å². The summed E-state index contributed by atoms with van der Waals surface area (Å²) in [6.07, 6.45) is 2.63. The molecule has 0 aromatic carbocycles. The molecule has 0 spiro atoms. The van der Waals surface area contributed by atoms with Crippen LogP contribution in [0.15, 0.2) is 24.5 Å². The van der Waals surface area contributed by atoms with Gasteiger partial charge in [0.25, 0.3) is 5.91 Å². The van der Waals surface area contributed by atoms with Gasteiger partial charge in [-0.1, -0.05) is 6.92 Å². The average molecular weight is 180 g/mol. The summed E-state index contributed by atoms with van der Waals surface area (Å²) in [5, 5.41) is 11.7. The summed E-state index contributed by atoms with van der Waals surface area (Å²) in [6.45, 7) is 1.75. The molecule has 1 amide bonds. The summed E-state index contributed by atoms with van der Waals surface area (Å²) in [6, 6.07) is 3.33. The zero-order valence-electron chi connectivity index (χ0n) is 7.40. The molecule has 0 unspecified atom stereocenters. The molecule has 1 rings (SSSR count). The molecule has 0 radical (unpaired) electrons. The van der Waals surface area contributed by atoms with Crippen LogP contribution in [0.3, 0.4) is 0 Å². The lowest BCUT2D eigenvalue weighted by atomic mass is 10.2. The SMILES string of the molecule is CC[C@H](O)C(=O)Nc1ccncc1. The van der Waals surface area contributed by atoms with E-state index in [0.29, 0.717) is 12.1 Å². The van der Waals surface area contributed by atoms with Gasteiger partial charge in [0.2, 0.25) is 0 Å². The van der Waals surface area contributed by atoms with Crippen LogP contribution in [-0.4, -0.2) is 22.1 Å². The van der Waals surface area contributed by atoms with Crippen molar-refractivity contribution in [1.82, 2.24) is 4.98 Å².